The summed E-state index contributed by atoms with van der Waals surface area (Å²) in [6.07, 6.45) is 0. The van der Waals surface area contributed by atoms with Crippen LogP contribution in [0.4, 0.5) is 5.69 Å². The molecule has 0 spiro atoms. The highest BCUT2D eigenvalue weighted by molar-refractivity contribution is 6.30. The van der Waals surface area contributed by atoms with Crippen molar-refractivity contribution >= 4 is 40.3 Å². The molecule has 0 unspecified atom stereocenters. The predicted octanol–water partition coefficient (Wildman–Crippen LogP) is 3.28. The van der Waals surface area contributed by atoms with Crippen LogP contribution in [0.3, 0.4) is 0 Å². The summed E-state index contributed by atoms with van der Waals surface area (Å²) in [5, 5.41) is 0.644. The van der Waals surface area contributed by atoms with Crippen LogP contribution in [0.1, 0.15) is 0 Å². The number of ether oxygens (including phenoxy) is 3. The van der Waals surface area contributed by atoms with Crippen LogP contribution in [-0.2, 0) is 23.8 Å². The van der Waals surface area contributed by atoms with Crippen molar-refractivity contribution in [1.29, 1.82) is 0 Å². The van der Waals surface area contributed by atoms with Gasteiger partial charge in [-0.25, -0.2) is 14.6 Å². The van der Waals surface area contributed by atoms with Crippen LogP contribution in [0.5, 0.6) is 0 Å². The number of anilines is 1. The molecule has 2 aromatic carbocycles. The van der Waals surface area contributed by atoms with Crippen molar-refractivity contribution in [3.63, 3.8) is 0 Å². The fourth-order valence-corrected chi connectivity index (χ4v) is 3.38. The molecule has 0 amide bonds. The third-order valence-electron chi connectivity index (χ3n) is 4.73. The lowest BCUT2D eigenvalue weighted by molar-refractivity contribution is -0.140. The van der Waals surface area contributed by atoms with Crippen LogP contribution in [0, 0.1) is 0 Å². The standard InChI is InChI=1S/C21H18ClN3O5/c1-28-20(26)15-10-30-11-25(18(15)21(27)29-2)14-7-8-16-17(9-14)24-19(23-16)12-3-5-13(22)6-4-12/h3-9H,10-11H2,1-2H3,(H,23,24). The number of nitrogens with one attached hydrogen (secondary N) is 1. The van der Waals surface area contributed by atoms with Gasteiger partial charge in [0, 0.05) is 16.3 Å². The summed E-state index contributed by atoms with van der Waals surface area (Å²) >= 11 is 5.96. The zero-order valence-corrected chi connectivity index (χ0v) is 17.0. The highest BCUT2D eigenvalue weighted by atomic mass is 35.5. The number of nitrogens with zero attached hydrogens (tertiary/aromatic N) is 2. The number of H-pyrrole nitrogens is 1. The Kier molecular flexibility index (Phi) is 5.43. The molecular formula is C21H18ClN3O5. The highest BCUT2D eigenvalue weighted by Crippen LogP contribution is 2.30. The highest BCUT2D eigenvalue weighted by Gasteiger charge is 2.32. The van der Waals surface area contributed by atoms with Crippen LogP contribution in [0.2, 0.25) is 5.02 Å². The molecule has 9 heteroatoms. The monoisotopic (exact) mass is 427 g/mol. The molecule has 30 heavy (non-hydrogen) atoms. The Hall–Kier alpha value is -3.36. The minimum atomic E-state index is -0.648. The number of aromatic nitrogens is 2. The second kappa shape index (κ2) is 8.17. The second-order valence-corrected chi connectivity index (χ2v) is 6.95. The van der Waals surface area contributed by atoms with Gasteiger partial charge in [-0.2, -0.15) is 0 Å². The van der Waals surface area contributed by atoms with Gasteiger partial charge in [0.1, 0.15) is 18.3 Å². The number of rotatable bonds is 4. The number of carbonyl (C=O) groups is 2. The van der Waals surface area contributed by atoms with E-state index in [-0.39, 0.29) is 24.6 Å². The third kappa shape index (κ3) is 3.62. The molecule has 0 fully saturated rings. The third-order valence-corrected chi connectivity index (χ3v) is 4.98. The van der Waals surface area contributed by atoms with E-state index in [0.29, 0.717) is 16.5 Å². The lowest BCUT2D eigenvalue weighted by Crippen LogP contribution is -2.38. The van der Waals surface area contributed by atoms with Crippen molar-refractivity contribution in [3.8, 4) is 11.4 Å². The van der Waals surface area contributed by atoms with Gasteiger partial charge >= 0.3 is 11.9 Å². The zero-order chi connectivity index (χ0) is 21.3. The number of halogens is 1. The number of carbonyl (C=O) groups excluding carboxylic acids is 2. The number of esters is 2. The van der Waals surface area contributed by atoms with E-state index in [1.807, 2.05) is 24.3 Å². The zero-order valence-electron chi connectivity index (χ0n) is 16.3. The topological polar surface area (TPSA) is 93.8 Å². The van der Waals surface area contributed by atoms with E-state index in [1.54, 1.807) is 23.1 Å². The van der Waals surface area contributed by atoms with Crippen LogP contribution in [0.15, 0.2) is 53.7 Å². The number of hydrogen-bond acceptors (Lipinski definition) is 7. The summed E-state index contributed by atoms with van der Waals surface area (Å²) < 4.78 is 15.2. The summed E-state index contributed by atoms with van der Waals surface area (Å²) in [5.41, 5.74) is 3.22. The molecule has 2 heterocycles. The van der Waals surface area contributed by atoms with Crippen molar-refractivity contribution in [3.05, 3.63) is 58.8 Å². The first-order valence-electron chi connectivity index (χ1n) is 9.02. The van der Waals surface area contributed by atoms with Gasteiger partial charge in [-0.1, -0.05) is 11.6 Å². The Bertz CT molecular complexity index is 1150. The summed E-state index contributed by atoms with van der Waals surface area (Å²) in [5.74, 6) is -0.606. The van der Waals surface area contributed by atoms with E-state index in [1.165, 1.54) is 14.2 Å². The molecular weight excluding hydrogens is 410 g/mol. The number of fused-ring (bicyclic) bond motifs is 1. The molecule has 0 aliphatic carbocycles. The molecule has 0 saturated heterocycles. The van der Waals surface area contributed by atoms with Crippen molar-refractivity contribution in [2.75, 3.05) is 32.5 Å². The fourth-order valence-electron chi connectivity index (χ4n) is 3.26. The number of methoxy groups -OCH3 is 2. The average molecular weight is 428 g/mol. The summed E-state index contributed by atoms with van der Waals surface area (Å²) in [7, 11) is 2.51. The van der Waals surface area contributed by atoms with Crippen molar-refractivity contribution in [1.82, 2.24) is 9.97 Å². The number of aromatic amines is 1. The lowest BCUT2D eigenvalue weighted by atomic mass is 10.1. The summed E-state index contributed by atoms with van der Waals surface area (Å²) in [6, 6.07) is 12.8. The van der Waals surface area contributed by atoms with E-state index in [4.69, 9.17) is 25.8 Å². The van der Waals surface area contributed by atoms with Gasteiger partial charge in [-0.3, -0.25) is 0 Å². The molecule has 1 aliphatic heterocycles. The maximum absolute atomic E-state index is 12.4. The molecule has 3 aromatic rings. The first-order valence-corrected chi connectivity index (χ1v) is 9.40. The van der Waals surface area contributed by atoms with Gasteiger partial charge in [0.15, 0.2) is 0 Å². The second-order valence-electron chi connectivity index (χ2n) is 6.51. The Morgan fingerprint density at radius 3 is 2.53 bits per heavy atom. The molecule has 4 rings (SSSR count). The van der Waals surface area contributed by atoms with Gasteiger partial charge in [0.25, 0.3) is 0 Å². The van der Waals surface area contributed by atoms with Gasteiger partial charge in [-0.05, 0) is 42.5 Å². The minimum Gasteiger partial charge on any atom is -0.466 e. The molecule has 0 radical (unpaired) electrons. The minimum absolute atomic E-state index is 0.0410. The van der Waals surface area contributed by atoms with E-state index in [0.717, 1.165) is 16.6 Å². The largest absolute Gasteiger partial charge is 0.466 e. The summed E-state index contributed by atoms with van der Waals surface area (Å²) in [4.78, 5) is 34.0. The molecule has 1 aromatic heterocycles. The Balaban J connectivity index is 1.76. The van der Waals surface area contributed by atoms with E-state index in [9.17, 15) is 9.59 Å². The van der Waals surface area contributed by atoms with Crippen molar-refractivity contribution in [2.24, 2.45) is 0 Å². The molecule has 0 atom stereocenters. The normalized spacial score (nSPS) is 14.2. The van der Waals surface area contributed by atoms with Crippen LogP contribution in [0.25, 0.3) is 22.4 Å². The van der Waals surface area contributed by atoms with Crippen LogP contribution in [-0.4, -0.2) is 49.5 Å². The maximum atomic E-state index is 12.4. The van der Waals surface area contributed by atoms with E-state index in [2.05, 4.69) is 9.97 Å². The smallest absolute Gasteiger partial charge is 0.355 e. The first-order chi connectivity index (χ1) is 14.5. The van der Waals surface area contributed by atoms with Crippen LogP contribution < -0.4 is 4.90 Å². The molecule has 0 bridgehead atoms. The molecule has 0 saturated carbocycles. The lowest BCUT2D eigenvalue weighted by Gasteiger charge is -2.31. The average Bonchev–Trinajstić information content (AvgIpc) is 3.21. The van der Waals surface area contributed by atoms with Gasteiger partial charge in [-0.15, -0.1) is 0 Å². The molecule has 8 nitrogen and oxygen atoms in total. The molecule has 154 valence electrons. The SMILES string of the molecule is COC(=O)C1=C(C(=O)OC)N(c2ccc3nc(-c4ccc(Cl)cc4)[nH]c3c2)COC1. The molecule has 1 N–H and O–H groups in total. The number of imidazole rings is 1. The van der Waals surface area contributed by atoms with Crippen molar-refractivity contribution in [2.45, 2.75) is 0 Å². The van der Waals surface area contributed by atoms with Gasteiger partial charge in [0.05, 0.1) is 37.4 Å². The quantitative estimate of drug-likeness (QED) is 0.638. The number of benzene rings is 2. The summed E-state index contributed by atoms with van der Waals surface area (Å²) in [6.45, 7) is 0.0369. The van der Waals surface area contributed by atoms with Gasteiger partial charge in [0.2, 0.25) is 0 Å². The van der Waals surface area contributed by atoms with E-state index >= 15 is 0 Å². The predicted molar refractivity (Wildman–Crippen MR) is 111 cm³/mol. The number of hydrogen-bond donors (Lipinski definition) is 1. The fraction of sp³-hybridized carbons (Fsp3) is 0.190. The van der Waals surface area contributed by atoms with Crippen LogP contribution >= 0.6 is 11.6 Å². The van der Waals surface area contributed by atoms with Crippen molar-refractivity contribution < 1.29 is 23.8 Å². The van der Waals surface area contributed by atoms with E-state index < -0.39 is 11.9 Å². The Morgan fingerprint density at radius 2 is 1.83 bits per heavy atom. The Labute approximate surface area is 177 Å². The Morgan fingerprint density at radius 1 is 1.10 bits per heavy atom. The van der Waals surface area contributed by atoms with Gasteiger partial charge < -0.3 is 24.1 Å². The maximum Gasteiger partial charge on any atom is 0.355 e. The first kappa shape index (κ1) is 19.9. The molecule has 1 aliphatic rings.